The first-order valence-electron chi connectivity index (χ1n) is 11.1. The standard InChI is InChI=1S/C29H27BrN2O/c1-18-14-28(31-17-25(18)19-6-9-21(30)10-7-19)32-26-13-8-20(29(2,3)4)15-24(26)23-12-11-22(33-5)16-27(23)32/h6-17H,1-5H3. The van der Waals surface area contributed by atoms with Crippen molar-refractivity contribution in [3.8, 4) is 22.7 Å². The highest BCUT2D eigenvalue weighted by molar-refractivity contribution is 9.10. The number of fused-ring (bicyclic) bond motifs is 3. The Bertz CT molecular complexity index is 1490. The fourth-order valence-electron chi connectivity index (χ4n) is 4.44. The van der Waals surface area contributed by atoms with Crippen LogP contribution in [-0.4, -0.2) is 16.7 Å². The minimum atomic E-state index is 0.0796. The average molecular weight is 499 g/mol. The number of benzene rings is 3. The van der Waals surface area contributed by atoms with Gasteiger partial charge < -0.3 is 4.74 Å². The Morgan fingerprint density at radius 3 is 2.27 bits per heavy atom. The topological polar surface area (TPSA) is 27.1 Å². The fraction of sp³-hybridized carbons (Fsp3) is 0.207. The summed E-state index contributed by atoms with van der Waals surface area (Å²) in [6.07, 6.45) is 1.98. The van der Waals surface area contributed by atoms with E-state index < -0.39 is 0 Å². The van der Waals surface area contributed by atoms with Gasteiger partial charge in [0.2, 0.25) is 0 Å². The first-order chi connectivity index (χ1) is 15.8. The molecule has 4 heteroatoms. The molecule has 166 valence electrons. The number of aryl methyl sites for hydroxylation is 1. The lowest BCUT2D eigenvalue weighted by Gasteiger charge is -2.19. The summed E-state index contributed by atoms with van der Waals surface area (Å²) in [5, 5.41) is 2.44. The number of hydrogen-bond donors (Lipinski definition) is 0. The molecule has 0 bridgehead atoms. The second-order valence-electron chi connectivity index (χ2n) is 9.56. The van der Waals surface area contributed by atoms with Crippen LogP contribution in [0.2, 0.25) is 0 Å². The molecule has 0 spiro atoms. The number of rotatable bonds is 3. The van der Waals surface area contributed by atoms with Crippen molar-refractivity contribution in [3.05, 3.63) is 88.5 Å². The summed E-state index contributed by atoms with van der Waals surface area (Å²) in [7, 11) is 1.71. The summed E-state index contributed by atoms with van der Waals surface area (Å²) in [6, 6.07) is 23.6. The summed E-state index contributed by atoms with van der Waals surface area (Å²) in [5.41, 5.74) is 7.13. The number of pyridine rings is 1. The minimum absolute atomic E-state index is 0.0796. The molecule has 0 unspecified atom stereocenters. The van der Waals surface area contributed by atoms with Crippen LogP contribution in [0.5, 0.6) is 5.75 Å². The largest absolute Gasteiger partial charge is 0.497 e. The highest BCUT2D eigenvalue weighted by Gasteiger charge is 2.19. The Morgan fingerprint density at radius 2 is 1.61 bits per heavy atom. The zero-order chi connectivity index (χ0) is 23.3. The molecule has 5 aromatic rings. The Morgan fingerprint density at radius 1 is 0.848 bits per heavy atom. The Kier molecular flexibility index (Phi) is 5.29. The molecule has 0 saturated carbocycles. The summed E-state index contributed by atoms with van der Waals surface area (Å²) in [6.45, 7) is 8.90. The van der Waals surface area contributed by atoms with E-state index in [1.54, 1.807) is 7.11 Å². The molecule has 0 saturated heterocycles. The van der Waals surface area contributed by atoms with Gasteiger partial charge in [0.25, 0.3) is 0 Å². The Balaban J connectivity index is 1.75. The van der Waals surface area contributed by atoms with Crippen molar-refractivity contribution >= 4 is 37.7 Å². The lowest BCUT2D eigenvalue weighted by Crippen LogP contribution is -2.10. The van der Waals surface area contributed by atoms with Crippen molar-refractivity contribution in [2.75, 3.05) is 7.11 Å². The van der Waals surface area contributed by atoms with E-state index in [1.807, 2.05) is 12.3 Å². The third kappa shape index (κ3) is 3.83. The summed E-state index contributed by atoms with van der Waals surface area (Å²) in [4.78, 5) is 4.92. The molecule has 0 radical (unpaired) electrons. The maximum atomic E-state index is 5.56. The number of halogens is 1. The highest BCUT2D eigenvalue weighted by atomic mass is 79.9. The molecular weight excluding hydrogens is 472 g/mol. The molecule has 0 aliphatic carbocycles. The van der Waals surface area contributed by atoms with Crippen molar-refractivity contribution in [3.63, 3.8) is 0 Å². The molecule has 0 atom stereocenters. The normalized spacial score (nSPS) is 11.9. The van der Waals surface area contributed by atoms with Gasteiger partial charge in [0, 0.05) is 33.1 Å². The van der Waals surface area contributed by atoms with Gasteiger partial charge in [0.1, 0.15) is 11.6 Å². The van der Waals surface area contributed by atoms with Gasteiger partial charge >= 0.3 is 0 Å². The van der Waals surface area contributed by atoms with Crippen molar-refractivity contribution in [1.82, 2.24) is 9.55 Å². The van der Waals surface area contributed by atoms with Gasteiger partial charge in [-0.3, -0.25) is 4.57 Å². The number of hydrogen-bond acceptors (Lipinski definition) is 2. The molecule has 0 N–H and O–H groups in total. The van der Waals surface area contributed by atoms with Gasteiger partial charge in [-0.05, 0) is 71.5 Å². The van der Waals surface area contributed by atoms with Crippen LogP contribution in [0.4, 0.5) is 0 Å². The van der Waals surface area contributed by atoms with Crippen LogP contribution >= 0.6 is 15.9 Å². The molecule has 5 rings (SSSR count). The van der Waals surface area contributed by atoms with Gasteiger partial charge in [0.05, 0.1) is 18.1 Å². The van der Waals surface area contributed by atoms with E-state index >= 15 is 0 Å². The SMILES string of the molecule is COc1ccc2c3cc(C(C)(C)C)ccc3n(-c3cc(C)c(-c4ccc(Br)cc4)cn3)c2c1. The summed E-state index contributed by atoms with van der Waals surface area (Å²) in [5.74, 6) is 1.75. The molecular formula is C29H27BrN2O. The average Bonchev–Trinajstić information content (AvgIpc) is 3.12. The summed E-state index contributed by atoms with van der Waals surface area (Å²) >= 11 is 3.52. The van der Waals surface area contributed by atoms with Gasteiger partial charge in [-0.15, -0.1) is 0 Å². The highest BCUT2D eigenvalue weighted by Crippen LogP contribution is 2.37. The van der Waals surface area contributed by atoms with Crippen LogP contribution < -0.4 is 4.74 Å². The molecule has 0 amide bonds. The van der Waals surface area contributed by atoms with Gasteiger partial charge in [0.15, 0.2) is 0 Å². The molecule has 2 aromatic heterocycles. The van der Waals surface area contributed by atoms with Gasteiger partial charge in [-0.25, -0.2) is 4.98 Å². The van der Waals surface area contributed by atoms with E-state index in [4.69, 9.17) is 9.72 Å². The minimum Gasteiger partial charge on any atom is -0.497 e. The molecule has 0 aliphatic heterocycles. The van der Waals surface area contributed by atoms with Crippen LogP contribution in [0.25, 0.3) is 38.8 Å². The Labute approximate surface area is 203 Å². The van der Waals surface area contributed by atoms with E-state index in [-0.39, 0.29) is 5.41 Å². The third-order valence-electron chi connectivity index (χ3n) is 6.32. The monoisotopic (exact) mass is 498 g/mol. The lowest BCUT2D eigenvalue weighted by atomic mass is 9.86. The van der Waals surface area contributed by atoms with Crippen LogP contribution in [0.15, 0.2) is 77.4 Å². The molecule has 3 aromatic carbocycles. The van der Waals surface area contributed by atoms with Crippen LogP contribution in [-0.2, 0) is 5.41 Å². The third-order valence-corrected chi connectivity index (χ3v) is 6.85. The first kappa shape index (κ1) is 21.7. The predicted octanol–water partition coefficient (Wildman–Crippen LogP) is 8.22. The summed E-state index contributed by atoms with van der Waals surface area (Å²) < 4.78 is 8.88. The zero-order valence-corrected chi connectivity index (χ0v) is 21.2. The van der Waals surface area contributed by atoms with E-state index in [1.165, 1.54) is 21.9 Å². The quantitative estimate of drug-likeness (QED) is 0.250. The molecule has 0 fully saturated rings. The van der Waals surface area contributed by atoms with Crippen LogP contribution in [0.3, 0.4) is 0 Å². The molecule has 3 nitrogen and oxygen atoms in total. The fourth-order valence-corrected chi connectivity index (χ4v) is 4.70. The van der Waals surface area contributed by atoms with E-state index in [0.717, 1.165) is 38.2 Å². The van der Waals surface area contributed by atoms with Crippen molar-refractivity contribution in [1.29, 1.82) is 0 Å². The zero-order valence-electron chi connectivity index (χ0n) is 19.6. The number of nitrogens with zero attached hydrogens (tertiary/aromatic N) is 2. The van der Waals surface area contributed by atoms with E-state index in [9.17, 15) is 0 Å². The Hall–Kier alpha value is -3.11. The molecule has 0 aliphatic rings. The van der Waals surface area contributed by atoms with Crippen LogP contribution in [0, 0.1) is 6.92 Å². The number of methoxy groups -OCH3 is 1. The smallest absolute Gasteiger partial charge is 0.137 e. The maximum Gasteiger partial charge on any atom is 0.137 e. The maximum absolute atomic E-state index is 5.56. The molecule has 2 heterocycles. The second kappa shape index (κ2) is 8.03. The van der Waals surface area contributed by atoms with Gasteiger partial charge in [-0.2, -0.15) is 0 Å². The van der Waals surface area contributed by atoms with Gasteiger partial charge in [-0.1, -0.05) is 54.9 Å². The first-order valence-corrected chi connectivity index (χ1v) is 11.9. The number of ether oxygens (including phenoxy) is 1. The van der Waals surface area contributed by atoms with Crippen molar-refractivity contribution in [2.24, 2.45) is 0 Å². The van der Waals surface area contributed by atoms with E-state index in [0.29, 0.717) is 0 Å². The number of aromatic nitrogens is 2. The lowest BCUT2D eigenvalue weighted by molar-refractivity contribution is 0.415. The van der Waals surface area contributed by atoms with Crippen molar-refractivity contribution in [2.45, 2.75) is 33.1 Å². The van der Waals surface area contributed by atoms with E-state index in [2.05, 4.69) is 109 Å². The second-order valence-corrected chi connectivity index (χ2v) is 10.5. The van der Waals surface area contributed by atoms with Crippen LogP contribution in [0.1, 0.15) is 31.9 Å². The van der Waals surface area contributed by atoms with Crippen molar-refractivity contribution < 1.29 is 4.74 Å². The predicted molar refractivity (Wildman–Crippen MR) is 142 cm³/mol. The molecule has 33 heavy (non-hydrogen) atoms.